The van der Waals surface area contributed by atoms with Gasteiger partial charge in [0, 0.05) is 10.5 Å². The van der Waals surface area contributed by atoms with Crippen LogP contribution in [0.3, 0.4) is 0 Å². The largest absolute Gasteiger partial charge is 0.155 e. The van der Waals surface area contributed by atoms with Crippen LogP contribution in [0.4, 0.5) is 0 Å². The summed E-state index contributed by atoms with van der Waals surface area (Å²) >= 11 is 2.23. The highest BCUT2D eigenvalue weighted by Gasteiger charge is 2.28. The van der Waals surface area contributed by atoms with Crippen molar-refractivity contribution in [1.82, 2.24) is 0 Å². The Morgan fingerprint density at radius 1 is 0.909 bits per heavy atom. The van der Waals surface area contributed by atoms with E-state index < -0.39 is 0 Å². The van der Waals surface area contributed by atoms with Crippen molar-refractivity contribution in [3.05, 3.63) is 0 Å². The quantitative estimate of drug-likeness (QED) is 0.613. The van der Waals surface area contributed by atoms with E-state index in [1.807, 2.05) is 0 Å². The molecule has 0 bridgehead atoms. The summed E-state index contributed by atoms with van der Waals surface area (Å²) in [7, 11) is 0. The third kappa shape index (κ3) is 2.40. The van der Waals surface area contributed by atoms with Crippen LogP contribution in [0.25, 0.3) is 0 Å². The summed E-state index contributed by atoms with van der Waals surface area (Å²) in [6.07, 6.45) is 2.90. The summed E-state index contributed by atoms with van der Waals surface area (Å²) in [5, 5.41) is 1.89. The molecule has 0 aromatic heterocycles. The summed E-state index contributed by atoms with van der Waals surface area (Å²) in [5.41, 5.74) is 0. The van der Waals surface area contributed by atoms with E-state index in [2.05, 4.69) is 39.5 Å². The molecule has 0 aliphatic carbocycles. The minimum absolute atomic E-state index is 0.878. The van der Waals surface area contributed by atoms with Gasteiger partial charge in [0.2, 0.25) is 0 Å². The maximum Gasteiger partial charge on any atom is 0.00733 e. The monoisotopic (exact) mass is 172 g/mol. The first-order valence-corrected chi connectivity index (χ1v) is 5.71. The lowest BCUT2D eigenvalue weighted by molar-refractivity contribution is 0.543. The van der Waals surface area contributed by atoms with E-state index in [1.54, 1.807) is 0 Å². The topological polar surface area (TPSA) is 0 Å². The molecule has 0 aromatic rings. The molecule has 0 aromatic carbocycles. The van der Waals surface area contributed by atoms with Gasteiger partial charge >= 0.3 is 0 Å². The van der Waals surface area contributed by atoms with Gasteiger partial charge in [-0.05, 0) is 24.7 Å². The Hall–Kier alpha value is 0.350. The molecule has 66 valence electrons. The van der Waals surface area contributed by atoms with E-state index in [0.29, 0.717) is 0 Å². The van der Waals surface area contributed by atoms with Crippen LogP contribution in [0.2, 0.25) is 0 Å². The average Bonchev–Trinajstić information content (AvgIpc) is 2.33. The first kappa shape index (κ1) is 9.44. The van der Waals surface area contributed by atoms with Gasteiger partial charge in [-0.15, -0.1) is 0 Å². The molecule has 0 amide bonds. The van der Waals surface area contributed by atoms with Crippen molar-refractivity contribution in [1.29, 1.82) is 0 Å². The Morgan fingerprint density at radius 2 is 1.27 bits per heavy atom. The van der Waals surface area contributed by atoms with Crippen LogP contribution < -0.4 is 0 Å². The smallest absolute Gasteiger partial charge is 0.00733 e. The lowest BCUT2D eigenvalue weighted by Crippen LogP contribution is -2.09. The fourth-order valence-corrected chi connectivity index (χ4v) is 3.29. The summed E-state index contributed by atoms with van der Waals surface area (Å²) in [6, 6.07) is 0. The van der Waals surface area contributed by atoms with Gasteiger partial charge in [-0.3, -0.25) is 0 Å². The predicted molar refractivity (Wildman–Crippen MR) is 54.1 cm³/mol. The van der Waals surface area contributed by atoms with Crippen molar-refractivity contribution in [3.8, 4) is 0 Å². The van der Waals surface area contributed by atoms with Crippen molar-refractivity contribution < 1.29 is 0 Å². The third-order valence-electron chi connectivity index (χ3n) is 2.57. The van der Waals surface area contributed by atoms with Crippen LogP contribution in [0.5, 0.6) is 0 Å². The summed E-state index contributed by atoms with van der Waals surface area (Å²) in [4.78, 5) is 0. The van der Waals surface area contributed by atoms with Crippen LogP contribution in [0, 0.1) is 11.8 Å². The molecule has 1 rings (SSSR count). The summed E-state index contributed by atoms with van der Waals surface area (Å²) in [5.74, 6) is 1.76. The molecule has 1 fully saturated rings. The molecule has 11 heavy (non-hydrogen) atoms. The number of hydrogen-bond acceptors (Lipinski definition) is 1. The molecule has 2 atom stereocenters. The molecule has 2 unspecified atom stereocenters. The molecular formula is C10H20S. The Labute approximate surface area is 75.1 Å². The standard InChI is InChI=1S/C10H20S/c1-7(2)9-5-6-10(11-9)8(3)4/h7-10H,5-6H2,1-4H3. The van der Waals surface area contributed by atoms with Crippen molar-refractivity contribution in [3.63, 3.8) is 0 Å². The zero-order chi connectivity index (χ0) is 8.43. The van der Waals surface area contributed by atoms with Gasteiger partial charge in [0.15, 0.2) is 0 Å². The van der Waals surface area contributed by atoms with Gasteiger partial charge in [-0.1, -0.05) is 27.7 Å². The van der Waals surface area contributed by atoms with Crippen LogP contribution in [-0.4, -0.2) is 10.5 Å². The zero-order valence-corrected chi connectivity index (χ0v) is 8.95. The van der Waals surface area contributed by atoms with Crippen LogP contribution >= 0.6 is 11.8 Å². The Morgan fingerprint density at radius 3 is 1.45 bits per heavy atom. The first-order chi connectivity index (χ1) is 5.11. The molecule has 1 saturated heterocycles. The molecule has 1 heteroatoms. The van der Waals surface area contributed by atoms with Crippen molar-refractivity contribution >= 4 is 11.8 Å². The second-order valence-electron chi connectivity index (χ2n) is 4.28. The van der Waals surface area contributed by atoms with Gasteiger partial charge in [-0.25, -0.2) is 0 Å². The highest BCUT2D eigenvalue weighted by molar-refractivity contribution is 8.00. The fourth-order valence-electron chi connectivity index (χ4n) is 1.67. The van der Waals surface area contributed by atoms with Crippen molar-refractivity contribution in [2.75, 3.05) is 0 Å². The molecule has 0 spiro atoms. The normalized spacial score (nSPS) is 32.2. The SMILES string of the molecule is CC(C)C1CCC(C(C)C)S1. The van der Waals surface area contributed by atoms with Crippen molar-refractivity contribution in [2.24, 2.45) is 11.8 Å². The predicted octanol–water partition coefficient (Wildman–Crippen LogP) is 3.56. The number of rotatable bonds is 2. The molecule has 1 aliphatic heterocycles. The first-order valence-electron chi connectivity index (χ1n) is 4.76. The third-order valence-corrected chi connectivity index (χ3v) is 4.83. The maximum absolute atomic E-state index is 2.35. The van der Waals surface area contributed by atoms with Gasteiger partial charge < -0.3 is 0 Å². The van der Waals surface area contributed by atoms with Crippen LogP contribution in [0.15, 0.2) is 0 Å². The van der Waals surface area contributed by atoms with Gasteiger partial charge in [0.05, 0.1) is 0 Å². The molecular weight excluding hydrogens is 152 g/mol. The van der Waals surface area contributed by atoms with E-state index in [0.717, 1.165) is 22.3 Å². The lowest BCUT2D eigenvalue weighted by atomic mass is 10.0. The fraction of sp³-hybridized carbons (Fsp3) is 1.00. The molecule has 0 nitrogen and oxygen atoms in total. The zero-order valence-electron chi connectivity index (χ0n) is 8.13. The number of thioether (sulfide) groups is 1. The summed E-state index contributed by atoms with van der Waals surface area (Å²) in [6.45, 7) is 9.39. The van der Waals surface area contributed by atoms with Crippen molar-refractivity contribution in [2.45, 2.75) is 51.0 Å². The molecule has 0 saturated carbocycles. The van der Waals surface area contributed by atoms with E-state index >= 15 is 0 Å². The summed E-state index contributed by atoms with van der Waals surface area (Å²) < 4.78 is 0. The Bertz CT molecular complexity index is 104. The highest BCUT2D eigenvalue weighted by Crippen LogP contribution is 2.40. The molecule has 0 radical (unpaired) electrons. The molecule has 1 heterocycles. The van der Waals surface area contributed by atoms with Crippen LogP contribution in [-0.2, 0) is 0 Å². The van der Waals surface area contributed by atoms with Gasteiger partial charge in [0.25, 0.3) is 0 Å². The second-order valence-corrected chi connectivity index (χ2v) is 5.76. The van der Waals surface area contributed by atoms with Crippen LogP contribution in [0.1, 0.15) is 40.5 Å². The maximum atomic E-state index is 2.35. The minimum Gasteiger partial charge on any atom is -0.155 e. The van der Waals surface area contributed by atoms with E-state index in [4.69, 9.17) is 0 Å². The second kappa shape index (κ2) is 3.84. The van der Waals surface area contributed by atoms with E-state index in [-0.39, 0.29) is 0 Å². The lowest BCUT2D eigenvalue weighted by Gasteiger charge is -2.16. The Balaban J connectivity index is 2.35. The van der Waals surface area contributed by atoms with Gasteiger partial charge in [-0.2, -0.15) is 11.8 Å². The number of hydrogen-bond donors (Lipinski definition) is 0. The molecule has 0 N–H and O–H groups in total. The van der Waals surface area contributed by atoms with Gasteiger partial charge in [0.1, 0.15) is 0 Å². The molecule has 1 aliphatic rings. The van der Waals surface area contributed by atoms with E-state index in [1.165, 1.54) is 12.8 Å². The Kier molecular flexibility index (Phi) is 3.29. The van der Waals surface area contributed by atoms with E-state index in [9.17, 15) is 0 Å². The highest BCUT2D eigenvalue weighted by atomic mass is 32.2. The minimum atomic E-state index is 0.878. The average molecular weight is 172 g/mol.